The van der Waals surface area contributed by atoms with Crippen molar-refractivity contribution in [1.82, 2.24) is 9.97 Å². The predicted molar refractivity (Wildman–Crippen MR) is 69.9 cm³/mol. The maximum absolute atomic E-state index is 11.3. The summed E-state index contributed by atoms with van der Waals surface area (Å²) in [5.41, 5.74) is 2.52. The van der Waals surface area contributed by atoms with Crippen LogP contribution in [0.25, 0.3) is 11.3 Å². The summed E-state index contributed by atoms with van der Waals surface area (Å²) in [5.74, 6) is 0.143. The number of carbonyl (C=O) groups is 1. The van der Waals surface area contributed by atoms with Crippen molar-refractivity contribution in [2.45, 2.75) is 13.8 Å². The standard InChI is InChI=1S/C13H11BrN2O/c1-8-6-12(16-13(15-8)9(2)17)10-4-3-5-11(14)7-10/h3-7H,1-2H3. The molecule has 0 fully saturated rings. The molecule has 86 valence electrons. The summed E-state index contributed by atoms with van der Waals surface area (Å²) < 4.78 is 0.982. The highest BCUT2D eigenvalue weighted by atomic mass is 79.9. The highest BCUT2D eigenvalue weighted by molar-refractivity contribution is 9.10. The average molecular weight is 291 g/mol. The van der Waals surface area contributed by atoms with Gasteiger partial charge in [0.1, 0.15) is 0 Å². The average Bonchev–Trinajstić information content (AvgIpc) is 2.28. The van der Waals surface area contributed by atoms with Gasteiger partial charge in [0.15, 0.2) is 11.6 Å². The van der Waals surface area contributed by atoms with E-state index in [0.29, 0.717) is 0 Å². The molecule has 0 unspecified atom stereocenters. The molecule has 2 aromatic rings. The number of ketones is 1. The lowest BCUT2D eigenvalue weighted by Gasteiger charge is -2.04. The van der Waals surface area contributed by atoms with Gasteiger partial charge in [0.25, 0.3) is 0 Å². The molecule has 0 aliphatic rings. The Bertz CT molecular complexity index is 581. The van der Waals surface area contributed by atoms with Gasteiger partial charge in [-0.25, -0.2) is 9.97 Å². The number of rotatable bonds is 2. The van der Waals surface area contributed by atoms with Crippen molar-refractivity contribution in [1.29, 1.82) is 0 Å². The third kappa shape index (κ3) is 2.77. The number of carbonyl (C=O) groups excluding carboxylic acids is 1. The number of halogens is 1. The fourth-order valence-electron chi connectivity index (χ4n) is 1.52. The van der Waals surface area contributed by atoms with Gasteiger partial charge in [0.05, 0.1) is 5.69 Å². The second kappa shape index (κ2) is 4.75. The van der Waals surface area contributed by atoms with Crippen LogP contribution in [0.15, 0.2) is 34.8 Å². The van der Waals surface area contributed by atoms with Gasteiger partial charge in [0, 0.05) is 22.7 Å². The molecule has 0 N–H and O–H groups in total. The van der Waals surface area contributed by atoms with Crippen LogP contribution in [0.4, 0.5) is 0 Å². The van der Waals surface area contributed by atoms with Gasteiger partial charge in [-0.3, -0.25) is 4.79 Å². The van der Waals surface area contributed by atoms with Crippen LogP contribution >= 0.6 is 15.9 Å². The molecule has 1 aromatic carbocycles. The van der Waals surface area contributed by atoms with E-state index in [9.17, 15) is 4.79 Å². The molecule has 0 amide bonds. The Labute approximate surface area is 108 Å². The summed E-state index contributed by atoms with van der Waals surface area (Å²) in [5, 5.41) is 0. The minimum absolute atomic E-state index is 0.120. The van der Waals surface area contributed by atoms with Crippen LogP contribution in [0.1, 0.15) is 23.2 Å². The Morgan fingerprint density at radius 3 is 2.65 bits per heavy atom. The lowest BCUT2D eigenvalue weighted by Crippen LogP contribution is -2.03. The van der Waals surface area contributed by atoms with Crippen LogP contribution in [0, 0.1) is 6.92 Å². The fraction of sp³-hybridized carbons (Fsp3) is 0.154. The Balaban J connectivity index is 2.56. The molecule has 1 heterocycles. The minimum atomic E-state index is -0.120. The van der Waals surface area contributed by atoms with Crippen molar-refractivity contribution in [2.24, 2.45) is 0 Å². The first-order valence-corrected chi connectivity index (χ1v) is 5.98. The summed E-state index contributed by atoms with van der Waals surface area (Å²) in [6.07, 6.45) is 0. The van der Waals surface area contributed by atoms with Crippen molar-refractivity contribution in [3.63, 3.8) is 0 Å². The van der Waals surface area contributed by atoms with E-state index in [1.807, 2.05) is 37.3 Å². The van der Waals surface area contributed by atoms with Crippen molar-refractivity contribution < 1.29 is 4.79 Å². The van der Waals surface area contributed by atoms with E-state index in [-0.39, 0.29) is 11.6 Å². The lowest BCUT2D eigenvalue weighted by atomic mass is 10.1. The molecule has 1 aromatic heterocycles. The first-order valence-electron chi connectivity index (χ1n) is 5.19. The molecule has 0 atom stereocenters. The SMILES string of the molecule is CC(=O)c1nc(C)cc(-c2cccc(Br)c2)n1. The summed E-state index contributed by atoms with van der Waals surface area (Å²) in [6.45, 7) is 3.33. The van der Waals surface area contributed by atoms with E-state index in [4.69, 9.17) is 0 Å². The smallest absolute Gasteiger partial charge is 0.196 e. The molecule has 0 bridgehead atoms. The second-order valence-corrected chi connectivity index (χ2v) is 4.70. The highest BCUT2D eigenvalue weighted by Gasteiger charge is 2.08. The molecule has 0 saturated heterocycles. The number of hydrogen-bond acceptors (Lipinski definition) is 3. The molecule has 0 spiro atoms. The topological polar surface area (TPSA) is 42.9 Å². The number of aryl methyl sites for hydroxylation is 1. The molecule has 17 heavy (non-hydrogen) atoms. The van der Waals surface area contributed by atoms with E-state index in [1.54, 1.807) is 0 Å². The molecule has 3 nitrogen and oxygen atoms in total. The Morgan fingerprint density at radius 1 is 1.24 bits per heavy atom. The zero-order valence-corrected chi connectivity index (χ0v) is 11.2. The van der Waals surface area contributed by atoms with E-state index >= 15 is 0 Å². The van der Waals surface area contributed by atoms with Gasteiger partial charge >= 0.3 is 0 Å². The maximum Gasteiger partial charge on any atom is 0.196 e. The van der Waals surface area contributed by atoms with Gasteiger partial charge in [-0.1, -0.05) is 28.1 Å². The highest BCUT2D eigenvalue weighted by Crippen LogP contribution is 2.21. The third-order valence-corrected chi connectivity index (χ3v) is 2.78. The zero-order valence-electron chi connectivity index (χ0n) is 9.57. The van der Waals surface area contributed by atoms with Crippen molar-refractivity contribution >= 4 is 21.7 Å². The van der Waals surface area contributed by atoms with Gasteiger partial charge < -0.3 is 0 Å². The Morgan fingerprint density at radius 2 is 2.00 bits per heavy atom. The molecule has 2 rings (SSSR count). The van der Waals surface area contributed by atoms with Crippen molar-refractivity contribution in [2.75, 3.05) is 0 Å². The van der Waals surface area contributed by atoms with E-state index in [2.05, 4.69) is 25.9 Å². The van der Waals surface area contributed by atoms with Crippen LogP contribution < -0.4 is 0 Å². The quantitative estimate of drug-likeness (QED) is 0.796. The molecular weight excluding hydrogens is 280 g/mol. The number of hydrogen-bond donors (Lipinski definition) is 0. The van der Waals surface area contributed by atoms with Crippen LogP contribution in [0.2, 0.25) is 0 Å². The van der Waals surface area contributed by atoms with Gasteiger partial charge in [0.2, 0.25) is 0 Å². The van der Waals surface area contributed by atoms with E-state index in [0.717, 1.165) is 21.4 Å². The van der Waals surface area contributed by atoms with Crippen LogP contribution in [-0.2, 0) is 0 Å². The van der Waals surface area contributed by atoms with Gasteiger partial charge in [-0.15, -0.1) is 0 Å². The number of nitrogens with zero attached hydrogens (tertiary/aromatic N) is 2. The summed E-state index contributed by atoms with van der Waals surface area (Å²) in [6, 6.07) is 9.67. The normalized spacial score (nSPS) is 10.3. The largest absolute Gasteiger partial charge is 0.291 e. The molecule has 4 heteroatoms. The number of Topliss-reactive ketones (excluding diaryl/α,β-unsaturated/α-hetero) is 1. The first kappa shape index (κ1) is 11.9. The number of aromatic nitrogens is 2. The monoisotopic (exact) mass is 290 g/mol. The lowest BCUT2D eigenvalue weighted by molar-refractivity contribution is 0.100. The first-order chi connectivity index (χ1) is 8.06. The van der Waals surface area contributed by atoms with Crippen LogP contribution in [-0.4, -0.2) is 15.8 Å². The Kier molecular flexibility index (Phi) is 3.33. The molecule has 0 saturated carbocycles. The maximum atomic E-state index is 11.3. The van der Waals surface area contributed by atoms with Crippen LogP contribution in [0.3, 0.4) is 0 Å². The molecule has 0 radical (unpaired) electrons. The minimum Gasteiger partial charge on any atom is -0.291 e. The van der Waals surface area contributed by atoms with Gasteiger partial charge in [-0.05, 0) is 25.1 Å². The third-order valence-electron chi connectivity index (χ3n) is 2.29. The predicted octanol–water partition coefficient (Wildman–Crippen LogP) is 3.42. The van der Waals surface area contributed by atoms with Crippen molar-refractivity contribution in [3.05, 3.63) is 46.3 Å². The van der Waals surface area contributed by atoms with E-state index in [1.165, 1.54) is 6.92 Å². The van der Waals surface area contributed by atoms with E-state index < -0.39 is 0 Å². The zero-order chi connectivity index (χ0) is 12.4. The summed E-state index contributed by atoms with van der Waals surface area (Å²) in [7, 11) is 0. The molecule has 0 aliphatic heterocycles. The molecular formula is C13H11BrN2O. The van der Waals surface area contributed by atoms with Crippen LogP contribution in [0.5, 0.6) is 0 Å². The second-order valence-electron chi connectivity index (χ2n) is 3.78. The number of benzene rings is 1. The Hall–Kier alpha value is -1.55. The molecule has 0 aliphatic carbocycles. The fourth-order valence-corrected chi connectivity index (χ4v) is 1.92. The summed E-state index contributed by atoms with van der Waals surface area (Å²) in [4.78, 5) is 19.7. The summed E-state index contributed by atoms with van der Waals surface area (Å²) >= 11 is 3.42. The van der Waals surface area contributed by atoms with Crippen molar-refractivity contribution in [3.8, 4) is 11.3 Å². The van der Waals surface area contributed by atoms with Gasteiger partial charge in [-0.2, -0.15) is 0 Å².